The number of rotatable bonds is 5. The van der Waals surface area contributed by atoms with Gasteiger partial charge in [0.1, 0.15) is 0 Å². The number of carbonyl (C=O) groups excluding carboxylic acids is 1. The zero-order valence-corrected chi connectivity index (χ0v) is 16.5. The molecule has 4 rings (SSSR count). The zero-order chi connectivity index (χ0) is 17.2. The molecular weight excluding hydrogens is 368 g/mol. The largest absolute Gasteiger partial charge is 0.329 e. The molecule has 0 radical (unpaired) electrons. The summed E-state index contributed by atoms with van der Waals surface area (Å²) in [7, 11) is 1.98. The minimum atomic E-state index is 0. The van der Waals surface area contributed by atoms with Crippen LogP contribution in [0.4, 0.5) is 5.69 Å². The van der Waals surface area contributed by atoms with Crippen LogP contribution < -0.4 is 10.6 Å². The van der Waals surface area contributed by atoms with Crippen LogP contribution in [0, 0.1) is 5.92 Å². The highest BCUT2D eigenvalue weighted by Crippen LogP contribution is 2.33. The summed E-state index contributed by atoms with van der Waals surface area (Å²) in [5, 5.41) is 7.63. The van der Waals surface area contributed by atoms with Crippen molar-refractivity contribution in [3.63, 3.8) is 0 Å². The number of carbonyl (C=O) groups is 1. The van der Waals surface area contributed by atoms with Gasteiger partial charge in [0.15, 0.2) is 5.16 Å². The van der Waals surface area contributed by atoms with Crippen molar-refractivity contribution in [2.75, 3.05) is 5.32 Å². The predicted octanol–water partition coefficient (Wildman–Crippen LogP) is 3.85. The molecule has 1 amide bonds. The highest BCUT2D eigenvalue weighted by Gasteiger charge is 2.34. The van der Waals surface area contributed by atoms with Crippen LogP contribution in [0.5, 0.6) is 0 Å². The van der Waals surface area contributed by atoms with Gasteiger partial charge in [0.05, 0.1) is 0 Å². The van der Waals surface area contributed by atoms with Crippen LogP contribution in [0.2, 0.25) is 0 Å². The molecule has 2 atom stereocenters. The van der Waals surface area contributed by atoms with E-state index in [9.17, 15) is 4.79 Å². The molecule has 2 aromatic rings. The van der Waals surface area contributed by atoms with Gasteiger partial charge >= 0.3 is 0 Å². The molecule has 0 spiro atoms. The SMILES string of the molecule is Cl.Cn1ccnc1Sc1ccc(NC(=O)CC2CC3CCC(C2)N3)cc1. The van der Waals surface area contributed by atoms with E-state index in [1.54, 1.807) is 18.0 Å². The number of halogens is 1. The fourth-order valence-corrected chi connectivity index (χ4v) is 4.78. The number of anilines is 1. The van der Waals surface area contributed by atoms with E-state index in [0.29, 0.717) is 24.4 Å². The topological polar surface area (TPSA) is 59.0 Å². The van der Waals surface area contributed by atoms with Gasteiger partial charge in [-0.2, -0.15) is 0 Å². The Balaban J connectivity index is 0.00000196. The van der Waals surface area contributed by atoms with Crippen molar-refractivity contribution in [1.29, 1.82) is 0 Å². The van der Waals surface area contributed by atoms with Crippen LogP contribution in [-0.4, -0.2) is 27.5 Å². The van der Waals surface area contributed by atoms with E-state index in [1.807, 2.05) is 42.1 Å². The lowest BCUT2D eigenvalue weighted by Crippen LogP contribution is -2.39. The van der Waals surface area contributed by atoms with Crippen molar-refractivity contribution in [3.05, 3.63) is 36.7 Å². The fourth-order valence-electron chi connectivity index (χ4n) is 3.98. The number of hydrogen-bond donors (Lipinski definition) is 2. The summed E-state index contributed by atoms with van der Waals surface area (Å²) in [5.41, 5.74) is 0.867. The van der Waals surface area contributed by atoms with E-state index >= 15 is 0 Å². The first kappa shape index (κ1) is 19.3. The maximum atomic E-state index is 12.4. The Morgan fingerprint density at radius 2 is 1.96 bits per heavy atom. The van der Waals surface area contributed by atoms with Gasteiger partial charge in [0, 0.05) is 48.5 Å². The number of nitrogens with zero attached hydrogens (tertiary/aromatic N) is 2. The molecule has 5 nitrogen and oxygen atoms in total. The Labute approximate surface area is 164 Å². The molecule has 3 heterocycles. The number of nitrogens with one attached hydrogen (secondary N) is 2. The molecule has 2 aliphatic heterocycles. The summed E-state index contributed by atoms with van der Waals surface area (Å²) in [6, 6.07) is 9.27. The third-order valence-corrected chi connectivity index (χ3v) is 6.25. The zero-order valence-electron chi connectivity index (χ0n) is 14.9. The number of amides is 1. The molecule has 1 aromatic heterocycles. The molecule has 26 heavy (non-hydrogen) atoms. The first-order valence-corrected chi connectivity index (χ1v) is 9.78. The van der Waals surface area contributed by atoms with Crippen LogP contribution in [0.3, 0.4) is 0 Å². The maximum absolute atomic E-state index is 12.4. The van der Waals surface area contributed by atoms with E-state index in [-0.39, 0.29) is 18.3 Å². The first-order valence-electron chi connectivity index (χ1n) is 8.97. The van der Waals surface area contributed by atoms with E-state index < -0.39 is 0 Å². The van der Waals surface area contributed by atoms with E-state index in [0.717, 1.165) is 28.6 Å². The minimum absolute atomic E-state index is 0. The van der Waals surface area contributed by atoms with Crippen molar-refractivity contribution in [2.24, 2.45) is 13.0 Å². The quantitative estimate of drug-likeness (QED) is 0.811. The van der Waals surface area contributed by atoms with Crippen molar-refractivity contribution < 1.29 is 4.79 Å². The molecular formula is C19H25ClN4OS. The van der Waals surface area contributed by atoms with Gasteiger partial charge in [-0.05, 0) is 55.9 Å². The van der Waals surface area contributed by atoms with Gasteiger partial charge < -0.3 is 15.2 Å². The predicted molar refractivity (Wildman–Crippen MR) is 107 cm³/mol. The van der Waals surface area contributed by atoms with Gasteiger partial charge in [-0.25, -0.2) is 4.98 Å². The van der Waals surface area contributed by atoms with Crippen molar-refractivity contribution in [2.45, 2.75) is 54.2 Å². The van der Waals surface area contributed by atoms with Gasteiger partial charge in [-0.3, -0.25) is 4.79 Å². The molecule has 140 valence electrons. The van der Waals surface area contributed by atoms with Crippen LogP contribution in [0.25, 0.3) is 0 Å². The lowest BCUT2D eigenvalue weighted by molar-refractivity contribution is -0.117. The average Bonchev–Trinajstić information content (AvgIpc) is 3.14. The number of piperidine rings is 1. The second-order valence-electron chi connectivity index (χ2n) is 7.17. The second kappa shape index (κ2) is 8.46. The van der Waals surface area contributed by atoms with Crippen molar-refractivity contribution in [1.82, 2.24) is 14.9 Å². The number of aromatic nitrogens is 2. The lowest BCUT2D eigenvalue weighted by atomic mass is 9.89. The van der Waals surface area contributed by atoms with Gasteiger partial charge in [0.2, 0.25) is 5.91 Å². The summed E-state index contributed by atoms with van der Waals surface area (Å²) < 4.78 is 1.99. The molecule has 2 unspecified atom stereocenters. The lowest BCUT2D eigenvalue weighted by Gasteiger charge is -2.28. The number of benzene rings is 1. The molecule has 2 N–H and O–H groups in total. The average molecular weight is 393 g/mol. The number of hydrogen-bond acceptors (Lipinski definition) is 4. The Morgan fingerprint density at radius 3 is 2.58 bits per heavy atom. The van der Waals surface area contributed by atoms with E-state index in [4.69, 9.17) is 0 Å². The van der Waals surface area contributed by atoms with E-state index in [2.05, 4.69) is 15.6 Å². The number of aryl methyl sites for hydroxylation is 1. The Morgan fingerprint density at radius 1 is 1.27 bits per heavy atom. The maximum Gasteiger partial charge on any atom is 0.224 e. The third-order valence-electron chi connectivity index (χ3n) is 5.17. The summed E-state index contributed by atoms with van der Waals surface area (Å²) >= 11 is 1.62. The third kappa shape index (κ3) is 4.61. The Kier molecular flexibility index (Phi) is 6.27. The Bertz CT molecular complexity index is 736. The van der Waals surface area contributed by atoms with Crippen LogP contribution >= 0.6 is 24.2 Å². The minimum Gasteiger partial charge on any atom is -0.329 e. The van der Waals surface area contributed by atoms with Crippen molar-refractivity contribution >= 4 is 35.8 Å². The molecule has 2 aliphatic rings. The van der Waals surface area contributed by atoms with Gasteiger partial charge in [-0.15, -0.1) is 12.4 Å². The van der Waals surface area contributed by atoms with Gasteiger partial charge in [0.25, 0.3) is 0 Å². The van der Waals surface area contributed by atoms with E-state index in [1.165, 1.54) is 12.8 Å². The smallest absolute Gasteiger partial charge is 0.224 e. The molecule has 2 saturated heterocycles. The summed E-state index contributed by atoms with van der Waals surface area (Å²) in [4.78, 5) is 17.8. The van der Waals surface area contributed by atoms with Crippen LogP contribution in [0.15, 0.2) is 46.7 Å². The van der Waals surface area contributed by atoms with Gasteiger partial charge in [-0.1, -0.05) is 11.8 Å². The monoisotopic (exact) mass is 392 g/mol. The van der Waals surface area contributed by atoms with Crippen molar-refractivity contribution in [3.8, 4) is 0 Å². The normalized spacial score (nSPS) is 24.1. The Hall–Kier alpha value is -1.50. The standard InChI is InChI=1S/C19H24N4OS.ClH/c1-23-9-8-20-19(23)25-17-6-4-14(5-7-17)22-18(24)12-13-10-15-2-3-16(11-13)21-15;/h4-9,13,15-16,21H,2-3,10-12H2,1H3,(H,22,24);1H. The molecule has 0 saturated carbocycles. The number of fused-ring (bicyclic) bond motifs is 2. The highest BCUT2D eigenvalue weighted by atomic mass is 35.5. The molecule has 2 fully saturated rings. The summed E-state index contributed by atoms with van der Waals surface area (Å²) in [5.74, 6) is 0.660. The van der Waals surface area contributed by atoms with Crippen LogP contribution in [0.1, 0.15) is 32.1 Å². The molecule has 1 aromatic carbocycles. The molecule has 7 heteroatoms. The second-order valence-corrected chi connectivity index (χ2v) is 8.22. The molecule has 2 bridgehead atoms. The first-order chi connectivity index (χ1) is 12.2. The molecule has 0 aliphatic carbocycles. The van der Waals surface area contributed by atoms with Crippen LogP contribution in [-0.2, 0) is 11.8 Å². The number of imidazole rings is 1. The summed E-state index contributed by atoms with van der Waals surface area (Å²) in [6.45, 7) is 0. The fraction of sp³-hybridized carbons (Fsp3) is 0.474. The highest BCUT2D eigenvalue weighted by molar-refractivity contribution is 7.99. The summed E-state index contributed by atoms with van der Waals surface area (Å²) in [6.07, 6.45) is 9.20.